The topological polar surface area (TPSA) is 0 Å². The van der Waals surface area contributed by atoms with Crippen LogP contribution in [0.4, 0.5) is 0 Å². The summed E-state index contributed by atoms with van der Waals surface area (Å²) in [6.07, 6.45) is 2.66. The summed E-state index contributed by atoms with van der Waals surface area (Å²) in [5.74, 6) is 0.935. The van der Waals surface area contributed by atoms with E-state index < -0.39 is 0 Å². The fourth-order valence-electron chi connectivity index (χ4n) is 0.289. The van der Waals surface area contributed by atoms with Gasteiger partial charge < -0.3 is 0 Å². The Hall–Kier alpha value is 1.64. The predicted molar refractivity (Wildman–Crippen MR) is 36.9 cm³/mol. The third-order valence-corrected chi connectivity index (χ3v) is 1.39. The van der Waals surface area contributed by atoms with Crippen LogP contribution in [0, 0.1) is 5.92 Å². The van der Waals surface area contributed by atoms with Gasteiger partial charge >= 0.3 is 51.4 Å². The molecule has 0 N–H and O–H groups in total. The Morgan fingerprint density at radius 3 is 1.43 bits per heavy atom. The first-order chi connectivity index (χ1) is 2.81. The summed E-state index contributed by atoms with van der Waals surface area (Å²) < 4.78 is 0. The summed E-state index contributed by atoms with van der Waals surface area (Å²) in [5, 5.41) is 0. The summed E-state index contributed by atoms with van der Waals surface area (Å²) in [5.41, 5.74) is 0. The zero-order chi connectivity index (χ0) is 4.99. The zero-order valence-corrected chi connectivity index (χ0v) is 4.99. The van der Waals surface area contributed by atoms with E-state index in [1.807, 2.05) is 0 Å². The molecule has 0 aliphatic heterocycles. The molecule has 0 aliphatic rings. The van der Waals surface area contributed by atoms with Crippen molar-refractivity contribution in [2.24, 2.45) is 5.92 Å². The van der Waals surface area contributed by atoms with E-state index in [9.17, 15) is 0 Å². The molecule has 1 heteroatoms. The zero-order valence-electron chi connectivity index (χ0n) is 4.99. The van der Waals surface area contributed by atoms with Crippen LogP contribution in [-0.2, 0) is 0 Å². The van der Waals surface area contributed by atoms with E-state index in [-0.39, 0.29) is 51.4 Å². The molecule has 0 rings (SSSR count). The maximum atomic E-state index is 2.28. The van der Waals surface area contributed by atoms with Gasteiger partial charge in [0.05, 0.1) is 0 Å². The molecule has 0 fully saturated rings. The second-order valence-electron chi connectivity index (χ2n) is 1.92. The normalized spacial score (nSPS) is 8.57. The van der Waals surface area contributed by atoms with E-state index in [4.69, 9.17) is 0 Å². The van der Waals surface area contributed by atoms with Gasteiger partial charge in [-0.2, -0.15) is 0 Å². The summed E-state index contributed by atoms with van der Waals surface area (Å²) in [6.45, 7) is 6.74. The first kappa shape index (κ1) is 11.4. The van der Waals surface area contributed by atoms with E-state index in [1.54, 1.807) is 0 Å². The van der Waals surface area contributed by atoms with Gasteiger partial charge in [-0.3, -0.25) is 0 Å². The Bertz CT molecular complexity index is 23.4. The maximum absolute atomic E-state index is 2.28. The molecule has 0 aromatic rings. The van der Waals surface area contributed by atoms with Crippen molar-refractivity contribution < 1.29 is 0 Å². The molecule has 0 bridgehead atoms. The number of rotatable bonds is 2. The predicted octanol–water partition coefficient (Wildman–Crippen LogP) is 1.79. The molecular formula is C6H15K. The van der Waals surface area contributed by atoms with Gasteiger partial charge in [0.2, 0.25) is 0 Å². The Morgan fingerprint density at radius 1 is 1.14 bits per heavy atom. The first-order valence-electron chi connectivity index (χ1n) is 2.81. The van der Waals surface area contributed by atoms with Crippen LogP contribution < -0.4 is 0 Å². The van der Waals surface area contributed by atoms with Gasteiger partial charge in [-0.25, -0.2) is 0 Å². The van der Waals surface area contributed by atoms with Gasteiger partial charge in [-0.15, -0.1) is 0 Å². The van der Waals surface area contributed by atoms with Crippen LogP contribution in [0.3, 0.4) is 0 Å². The third kappa shape index (κ3) is 7.64. The van der Waals surface area contributed by atoms with Crippen molar-refractivity contribution in [3.63, 3.8) is 0 Å². The minimum atomic E-state index is 0. The second-order valence-corrected chi connectivity index (χ2v) is 1.92. The first-order valence-corrected chi connectivity index (χ1v) is 2.81. The molecule has 0 radical (unpaired) electrons. The average Bonchev–Trinajstić information content (AvgIpc) is 1.65. The van der Waals surface area contributed by atoms with Gasteiger partial charge in [0.1, 0.15) is 0 Å². The van der Waals surface area contributed by atoms with Crippen LogP contribution in [0.15, 0.2) is 0 Å². The van der Waals surface area contributed by atoms with Crippen molar-refractivity contribution in [3.8, 4) is 0 Å². The molecule has 0 aromatic heterocycles. The van der Waals surface area contributed by atoms with E-state index in [2.05, 4.69) is 20.8 Å². The fraction of sp³-hybridized carbons (Fsp3) is 1.00. The van der Waals surface area contributed by atoms with Crippen LogP contribution >= 0.6 is 0 Å². The fourth-order valence-corrected chi connectivity index (χ4v) is 0.289. The molecule has 0 nitrogen and oxygen atoms in total. The van der Waals surface area contributed by atoms with Crippen LogP contribution in [-0.4, -0.2) is 51.4 Å². The van der Waals surface area contributed by atoms with Crippen LogP contribution in [0.2, 0.25) is 0 Å². The van der Waals surface area contributed by atoms with Crippen LogP contribution in [0.1, 0.15) is 33.6 Å². The van der Waals surface area contributed by atoms with Gasteiger partial charge in [0, 0.05) is 0 Å². The molecule has 0 saturated carbocycles. The van der Waals surface area contributed by atoms with E-state index in [0.29, 0.717) is 0 Å². The van der Waals surface area contributed by atoms with Gasteiger partial charge in [0.15, 0.2) is 0 Å². The quantitative estimate of drug-likeness (QED) is 0.495. The molecule has 0 aliphatic carbocycles. The molecule has 7 heavy (non-hydrogen) atoms. The molecule has 0 spiro atoms. The van der Waals surface area contributed by atoms with Gasteiger partial charge in [-0.1, -0.05) is 33.6 Å². The minimum absolute atomic E-state index is 0. The molecular weight excluding hydrogens is 111 g/mol. The van der Waals surface area contributed by atoms with E-state index in [0.717, 1.165) is 5.92 Å². The monoisotopic (exact) mass is 126 g/mol. The van der Waals surface area contributed by atoms with E-state index >= 15 is 0 Å². The molecule has 0 atom stereocenters. The van der Waals surface area contributed by atoms with E-state index in [1.165, 1.54) is 12.8 Å². The van der Waals surface area contributed by atoms with Crippen molar-refractivity contribution >= 4 is 51.4 Å². The van der Waals surface area contributed by atoms with Gasteiger partial charge in [-0.05, 0) is 5.92 Å². The molecule has 0 amide bonds. The number of hydrogen-bond acceptors (Lipinski definition) is 0. The SMILES string of the molecule is CCC(C)CC.[KH]. The van der Waals surface area contributed by atoms with Crippen LogP contribution in [0.5, 0.6) is 0 Å². The van der Waals surface area contributed by atoms with Crippen LogP contribution in [0.25, 0.3) is 0 Å². The van der Waals surface area contributed by atoms with Crippen molar-refractivity contribution in [2.45, 2.75) is 33.6 Å². The Kier molecular flexibility index (Phi) is 12.5. The summed E-state index contributed by atoms with van der Waals surface area (Å²) in [4.78, 5) is 0. The van der Waals surface area contributed by atoms with Crippen molar-refractivity contribution in [2.75, 3.05) is 0 Å². The molecule has 0 aromatic carbocycles. The molecule has 0 unspecified atom stereocenters. The summed E-state index contributed by atoms with van der Waals surface area (Å²) >= 11 is 0. The van der Waals surface area contributed by atoms with Crippen molar-refractivity contribution in [1.29, 1.82) is 0 Å². The average molecular weight is 126 g/mol. The Labute approximate surface area is 89.5 Å². The van der Waals surface area contributed by atoms with Crippen molar-refractivity contribution in [1.82, 2.24) is 0 Å². The molecule has 0 saturated heterocycles. The summed E-state index contributed by atoms with van der Waals surface area (Å²) in [7, 11) is 0. The van der Waals surface area contributed by atoms with Crippen molar-refractivity contribution in [3.05, 3.63) is 0 Å². The molecule has 40 valence electrons. The Balaban J connectivity index is 0. The third-order valence-electron chi connectivity index (χ3n) is 1.39. The molecule has 0 heterocycles. The second kappa shape index (κ2) is 7.64. The van der Waals surface area contributed by atoms with Gasteiger partial charge in [0.25, 0.3) is 0 Å². The standard InChI is InChI=1S/C6H14.K.H/c1-4-6(3)5-2;;/h6H,4-5H2,1-3H3;;. The summed E-state index contributed by atoms with van der Waals surface area (Å²) in [6, 6.07) is 0. The Morgan fingerprint density at radius 2 is 1.43 bits per heavy atom. The number of hydrogen-bond donors (Lipinski definition) is 0.